The van der Waals surface area contributed by atoms with Crippen molar-refractivity contribution >= 4 is 40.1 Å². The topological polar surface area (TPSA) is 65.7 Å². The summed E-state index contributed by atoms with van der Waals surface area (Å²) in [6, 6.07) is 16.2. The van der Waals surface area contributed by atoms with Crippen LogP contribution in [-0.2, 0) is 0 Å². The molecule has 0 bridgehead atoms. The first-order valence-electron chi connectivity index (χ1n) is 9.26. The van der Waals surface area contributed by atoms with Gasteiger partial charge in [-0.2, -0.15) is 0 Å². The fourth-order valence-electron chi connectivity index (χ4n) is 3.06. The van der Waals surface area contributed by atoms with Gasteiger partial charge < -0.3 is 13.9 Å². The van der Waals surface area contributed by atoms with Crippen molar-refractivity contribution in [1.82, 2.24) is 0 Å². The minimum Gasteiger partial charge on any atom is -0.497 e. The molecule has 0 aliphatic rings. The largest absolute Gasteiger partial charge is 0.497 e. The zero-order valence-corrected chi connectivity index (χ0v) is 18.1. The third-order valence-electron chi connectivity index (χ3n) is 4.76. The average Bonchev–Trinajstić information content (AvgIpc) is 2.77. The Hall–Kier alpha value is -3.28. The summed E-state index contributed by atoms with van der Waals surface area (Å²) in [5.74, 6) is -0.174. The van der Waals surface area contributed by atoms with Crippen LogP contribution in [-0.4, -0.2) is 13.1 Å². The Kier molecular flexibility index (Phi) is 5.72. The van der Waals surface area contributed by atoms with Crippen molar-refractivity contribution in [2.45, 2.75) is 6.92 Å². The van der Waals surface area contributed by atoms with E-state index in [9.17, 15) is 9.59 Å². The predicted octanol–water partition coefficient (Wildman–Crippen LogP) is 6.30. The quantitative estimate of drug-likeness (QED) is 0.338. The van der Waals surface area contributed by atoms with Crippen LogP contribution < -0.4 is 14.9 Å². The predicted molar refractivity (Wildman–Crippen MR) is 121 cm³/mol. The molecule has 4 aromatic rings. The van der Waals surface area contributed by atoms with Crippen molar-refractivity contribution in [2.24, 2.45) is 0 Å². The second-order valence-electron chi connectivity index (χ2n) is 6.81. The lowest BCUT2D eigenvalue weighted by Gasteiger charge is -2.12. The van der Waals surface area contributed by atoms with Gasteiger partial charge in [-0.1, -0.05) is 23.2 Å². The normalized spacial score (nSPS) is 10.8. The number of rotatable bonds is 4. The number of ether oxygens (including phenoxy) is 2. The highest BCUT2D eigenvalue weighted by Gasteiger charge is 2.22. The molecule has 4 rings (SSSR count). The van der Waals surface area contributed by atoms with Gasteiger partial charge in [-0.05, 0) is 73.2 Å². The summed E-state index contributed by atoms with van der Waals surface area (Å²) in [6.45, 7) is 1.81. The van der Waals surface area contributed by atoms with Crippen LogP contribution in [0.25, 0.3) is 22.3 Å². The van der Waals surface area contributed by atoms with Gasteiger partial charge in [-0.3, -0.25) is 4.79 Å². The summed E-state index contributed by atoms with van der Waals surface area (Å²) in [5, 5.41) is 1.10. The standard InChI is InChI=1S/C24H16Cl2O5/c1-13-11-20-18(12-19(13)26)21(27)23(31-24(28)15-3-7-16(25)8-4-15)22(30-20)14-5-9-17(29-2)10-6-14/h3-12H,1-2H3. The molecular formula is C24H16Cl2O5. The molecule has 1 aromatic heterocycles. The Balaban J connectivity index is 1.90. The maximum Gasteiger partial charge on any atom is 0.343 e. The Morgan fingerprint density at radius 2 is 1.65 bits per heavy atom. The lowest BCUT2D eigenvalue weighted by molar-refractivity contribution is 0.0731. The lowest BCUT2D eigenvalue weighted by Crippen LogP contribution is -2.16. The van der Waals surface area contributed by atoms with Gasteiger partial charge in [0.05, 0.1) is 18.1 Å². The van der Waals surface area contributed by atoms with E-state index in [4.69, 9.17) is 37.1 Å². The molecule has 156 valence electrons. The first-order valence-corrected chi connectivity index (χ1v) is 10.0. The van der Waals surface area contributed by atoms with Crippen molar-refractivity contribution in [3.05, 3.63) is 92.1 Å². The van der Waals surface area contributed by atoms with Gasteiger partial charge in [0.15, 0.2) is 5.76 Å². The summed E-state index contributed by atoms with van der Waals surface area (Å²) in [5.41, 5.74) is 1.38. The number of aryl methyl sites for hydroxylation is 1. The molecule has 0 radical (unpaired) electrons. The monoisotopic (exact) mass is 454 g/mol. The molecule has 5 nitrogen and oxygen atoms in total. The summed E-state index contributed by atoms with van der Waals surface area (Å²) in [4.78, 5) is 26.0. The molecule has 0 atom stereocenters. The average molecular weight is 455 g/mol. The molecule has 0 saturated carbocycles. The van der Waals surface area contributed by atoms with Crippen molar-refractivity contribution < 1.29 is 18.7 Å². The van der Waals surface area contributed by atoms with Gasteiger partial charge in [0.2, 0.25) is 11.2 Å². The van der Waals surface area contributed by atoms with Crippen LogP contribution in [0.15, 0.2) is 69.9 Å². The molecule has 0 fully saturated rings. The number of esters is 1. The van der Waals surface area contributed by atoms with Crippen LogP contribution >= 0.6 is 23.2 Å². The highest BCUT2D eigenvalue weighted by Crippen LogP contribution is 2.34. The third kappa shape index (κ3) is 4.15. The molecule has 7 heteroatoms. The molecule has 0 N–H and O–H groups in total. The Morgan fingerprint density at radius 1 is 0.968 bits per heavy atom. The molecule has 1 heterocycles. The summed E-state index contributed by atoms with van der Waals surface area (Å²) >= 11 is 12.1. The van der Waals surface area contributed by atoms with Gasteiger partial charge in [0.25, 0.3) is 0 Å². The van der Waals surface area contributed by atoms with E-state index < -0.39 is 11.4 Å². The Bertz CT molecular complexity index is 1340. The van der Waals surface area contributed by atoms with Crippen LogP contribution in [0, 0.1) is 6.92 Å². The van der Waals surface area contributed by atoms with E-state index in [1.165, 1.54) is 18.2 Å². The first kappa shape index (κ1) is 21.0. The molecule has 0 unspecified atom stereocenters. The van der Waals surface area contributed by atoms with Gasteiger partial charge in [0.1, 0.15) is 11.3 Å². The molecule has 3 aromatic carbocycles. The number of hydrogen-bond donors (Lipinski definition) is 0. The Labute approximate surface area is 187 Å². The molecule has 0 saturated heterocycles. The van der Waals surface area contributed by atoms with E-state index >= 15 is 0 Å². The van der Waals surface area contributed by atoms with Crippen molar-refractivity contribution in [3.8, 4) is 22.8 Å². The fraction of sp³-hybridized carbons (Fsp3) is 0.0833. The van der Waals surface area contributed by atoms with Crippen molar-refractivity contribution in [2.75, 3.05) is 7.11 Å². The summed E-state index contributed by atoms with van der Waals surface area (Å²) in [6.07, 6.45) is 0. The minimum atomic E-state index is -0.712. The van der Waals surface area contributed by atoms with E-state index in [1.54, 1.807) is 49.6 Å². The number of halogens is 2. The van der Waals surface area contributed by atoms with Gasteiger partial charge >= 0.3 is 5.97 Å². The van der Waals surface area contributed by atoms with Crippen molar-refractivity contribution in [3.63, 3.8) is 0 Å². The zero-order valence-electron chi connectivity index (χ0n) is 16.6. The van der Waals surface area contributed by atoms with E-state index in [-0.39, 0.29) is 22.5 Å². The van der Waals surface area contributed by atoms with Crippen LogP contribution in [0.5, 0.6) is 11.5 Å². The first-order chi connectivity index (χ1) is 14.9. The smallest absolute Gasteiger partial charge is 0.343 e. The van der Waals surface area contributed by atoms with Crippen LogP contribution in [0.2, 0.25) is 10.0 Å². The number of hydrogen-bond acceptors (Lipinski definition) is 5. The number of carbonyl (C=O) groups excluding carboxylic acids is 1. The Morgan fingerprint density at radius 3 is 2.29 bits per heavy atom. The van der Waals surface area contributed by atoms with E-state index in [2.05, 4.69) is 0 Å². The van der Waals surface area contributed by atoms with E-state index in [0.29, 0.717) is 26.9 Å². The van der Waals surface area contributed by atoms with Gasteiger partial charge in [0, 0.05) is 15.6 Å². The summed E-state index contributed by atoms with van der Waals surface area (Å²) < 4.78 is 16.7. The van der Waals surface area contributed by atoms with Gasteiger partial charge in [-0.25, -0.2) is 4.79 Å². The molecule has 0 aliphatic heterocycles. The summed E-state index contributed by atoms with van der Waals surface area (Å²) in [7, 11) is 1.55. The second-order valence-corrected chi connectivity index (χ2v) is 7.66. The van der Waals surface area contributed by atoms with E-state index in [1.807, 2.05) is 6.92 Å². The number of methoxy groups -OCH3 is 1. The highest BCUT2D eigenvalue weighted by atomic mass is 35.5. The SMILES string of the molecule is COc1ccc(-c2oc3cc(C)c(Cl)cc3c(=O)c2OC(=O)c2ccc(Cl)cc2)cc1. The molecule has 31 heavy (non-hydrogen) atoms. The number of benzene rings is 3. The van der Waals surface area contributed by atoms with Crippen LogP contribution in [0.4, 0.5) is 0 Å². The zero-order chi connectivity index (χ0) is 22.1. The van der Waals surface area contributed by atoms with E-state index in [0.717, 1.165) is 5.56 Å². The minimum absolute atomic E-state index is 0.129. The fourth-order valence-corrected chi connectivity index (χ4v) is 3.35. The molecule has 0 aliphatic carbocycles. The maximum atomic E-state index is 13.3. The van der Waals surface area contributed by atoms with Crippen LogP contribution in [0.1, 0.15) is 15.9 Å². The lowest BCUT2D eigenvalue weighted by atomic mass is 10.1. The second kappa shape index (κ2) is 8.46. The number of carbonyl (C=O) groups is 1. The van der Waals surface area contributed by atoms with Gasteiger partial charge in [-0.15, -0.1) is 0 Å². The van der Waals surface area contributed by atoms with Crippen LogP contribution in [0.3, 0.4) is 0 Å². The molecule has 0 amide bonds. The number of fused-ring (bicyclic) bond motifs is 1. The maximum absolute atomic E-state index is 13.3. The highest BCUT2D eigenvalue weighted by molar-refractivity contribution is 6.32. The van der Waals surface area contributed by atoms with Crippen molar-refractivity contribution in [1.29, 1.82) is 0 Å². The third-order valence-corrected chi connectivity index (χ3v) is 5.42. The molecular weight excluding hydrogens is 439 g/mol. The molecule has 0 spiro atoms.